The maximum Gasteiger partial charge on any atom is 0.244 e. The molecule has 2 N–H and O–H groups in total. The van der Waals surface area contributed by atoms with Crippen molar-refractivity contribution in [1.29, 1.82) is 0 Å². The highest BCUT2D eigenvalue weighted by atomic mass is 35.5. The minimum Gasteiger partial charge on any atom is -0.396 e. The van der Waals surface area contributed by atoms with E-state index >= 15 is 0 Å². The van der Waals surface area contributed by atoms with Crippen LogP contribution in [0.1, 0.15) is 26.2 Å². The Balaban J connectivity index is 1.59. The van der Waals surface area contributed by atoms with Crippen molar-refractivity contribution in [3.63, 3.8) is 0 Å². The molecule has 0 bridgehead atoms. The van der Waals surface area contributed by atoms with E-state index in [1.165, 1.54) is 6.92 Å². The van der Waals surface area contributed by atoms with E-state index in [4.69, 9.17) is 28.9 Å². The summed E-state index contributed by atoms with van der Waals surface area (Å²) in [7, 11) is 0. The Hall–Kier alpha value is -2.05. The molecule has 1 aromatic rings. The fourth-order valence-electron chi connectivity index (χ4n) is 3.60. The van der Waals surface area contributed by atoms with E-state index in [0.29, 0.717) is 36.2 Å². The van der Waals surface area contributed by atoms with Crippen LogP contribution in [-0.4, -0.2) is 55.0 Å². The molecule has 28 heavy (non-hydrogen) atoms. The van der Waals surface area contributed by atoms with Gasteiger partial charge in [-0.1, -0.05) is 29.3 Å². The minimum atomic E-state index is -0.147. The topological polar surface area (TPSA) is 79.0 Å². The molecule has 2 aliphatic rings. The van der Waals surface area contributed by atoms with Crippen LogP contribution in [0.4, 0.5) is 5.69 Å². The van der Waals surface area contributed by atoms with Gasteiger partial charge in [-0.2, -0.15) is 0 Å². The molecule has 0 atom stereocenters. The number of aliphatic imine (C=N–C) groups is 1. The first-order valence-corrected chi connectivity index (χ1v) is 10.1. The summed E-state index contributed by atoms with van der Waals surface area (Å²) in [6.45, 7) is 4.11. The summed E-state index contributed by atoms with van der Waals surface area (Å²) in [6, 6.07) is 5.57. The maximum absolute atomic E-state index is 12.6. The zero-order valence-electron chi connectivity index (χ0n) is 15.9. The van der Waals surface area contributed by atoms with Gasteiger partial charge in [0.2, 0.25) is 5.91 Å². The second kappa shape index (κ2) is 8.97. The predicted octanol–water partition coefficient (Wildman–Crippen LogP) is 3.07. The number of carbonyl (C=O) groups is 2. The molecule has 150 valence electrons. The van der Waals surface area contributed by atoms with Gasteiger partial charge < -0.3 is 15.5 Å². The van der Waals surface area contributed by atoms with Crippen molar-refractivity contribution in [3.8, 4) is 0 Å². The molecule has 8 heteroatoms. The molecular weight excluding hydrogens is 399 g/mol. The number of amides is 1. The van der Waals surface area contributed by atoms with Crippen molar-refractivity contribution in [1.82, 2.24) is 4.90 Å². The summed E-state index contributed by atoms with van der Waals surface area (Å²) in [5.74, 6) is -0.163. The number of benzene rings is 1. The first-order valence-electron chi connectivity index (χ1n) is 9.38. The number of nitrogens with two attached hydrogens (primary N) is 1. The highest BCUT2D eigenvalue weighted by Crippen LogP contribution is 2.32. The third kappa shape index (κ3) is 4.50. The van der Waals surface area contributed by atoms with Crippen molar-refractivity contribution in [3.05, 3.63) is 39.5 Å². The summed E-state index contributed by atoms with van der Waals surface area (Å²) in [5.41, 5.74) is 8.65. The predicted molar refractivity (Wildman–Crippen MR) is 113 cm³/mol. The Morgan fingerprint density at radius 2 is 1.86 bits per heavy atom. The van der Waals surface area contributed by atoms with Crippen LogP contribution in [0.15, 0.2) is 34.5 Å². The van der Waals surface area contributed by atoms with Gasteiger partial charge in [-0.05, 0) is 37.0 Å². The largest absolute Gasteiger partial charge is 0.396 e. The van der Waals surface area contributed by atoms with E-state index < -0.39 is 0 Å². The maximum atomic E-state index is 12.6. The summed E-state index contributed by atoms with van der Waals surface area (Å²) >= 11 is 12.4. The molecule has 1 heterocycles. The number of ketones is 1. The molecule has 1 amide bonds. The van der Waals surface area contributed by atoms with E-state index in [2.05, 4.69) is 9.89 Å². The molecule has 3 rings (SSSR count). The van der Waals surface area contributed by atoms with Gasteiger partial charge in [0.25, 0.3) is 0 Å². The lowest BCUT2D eigenvalue weighted by Crippen LogP contribution is -2.49. The van der Waals surface area contributed by atoms with Crippen LogP contribution in [0.2, 0.25) is 10.0 Å². The second-order valence-electron chi connectivity index (χ2n) is 7.01. The first-order chi connectivity index (χ1) is 13.4. The minimum absolute atomic E-state index is 0.0167. The van der Waals surface area contributed by atoms with E-state index in [1.54, 1.807) is 6.07 Å². The van der Waals surface area contributed by atoms with E-state index in [-0.39, 0.29) is 23.9 Å². The summed E-state index contributed by atoms with van der Waals surface area (Å²) in [4.78, 5) is 32.5. The molecule has 1 aliphatic carbocycles. The van der Waals surface area contributed by atoms with Crippen molar-refractivity contribution in [2.75, 3.05) is 37.6 Å². The van der Waals surface area contributed by atoms with Gasteiger partial charge in [0.1, 0.15) is 6.54 Å². The normalized spacial score (nSPS) is 20.6. The summed E-state index contributed by atoms with van der Waals surface area (Å²) in [6.07, 6.45) is 2.42. The third-order valence-corrected chi connectivity index (χ3v) is 6.01. The number of anilines is 1. The Bertz CT molecular complexity index is 843. The number of allylic oxidation sites excluding steroid dienone is 2. The van der Waals surface area contributed by atoms with Crippen molar-refractivity contribution < 1.29 is 9.59 Å². The van der Waals surface area contributed by atoms with Crippen LogP contribution < -0.4 is 10.6 Å². The fraction of sp³-hybridized carbons (Fsp3) is 0.450. The number of Topliss-reactive ketones (excluding diaryl/α,β-unsaturated/α-hetero) is 1. The zero-order valence-corrected chi connectivity index (χ0v) is 17.4. The van der Waals surface area contributed by atoms with Crippen LogP contribution in [-0.2, 0) is 9.59 Å². The van der Waals surface area contributed by atoms with Crippen LogP contribution in [0.25, 0.3) is 0 Å². The Morgan fingerprint density at radius 1 is 1.14 bits per heavy atom. The quantitative estimate of drug-likeness (QED) is 0.755. The van der Waals surface area contributed by atoms with Crippen LogP contribution in [0, 0.1) is 0 Å². The number of rotatable bonds is 4. The average Bonchev–Trinajstić information content (AvgIpc) is 3.16. The van der Waals surface area contributed by atoms with Gasteiger partial charge in [-0.25, -0.2) is 0 Å². The summed E-state index contributed by atoms with van der Waals surface area (Å²) < 4.78 is 0. The molecule has 6 nitrogen and oxygen atoms in total. The smallest absolute Gasteiger partial charge is 0.244 e. The molecule has 1 saturated heterocycles. The fourth-order valence-corrected chi connectivity index (χ4v) is 4.02. The number of halogens is 2. The molecule has 1 saturated carbocycles. The van der Waals surface area contributed by atoms with Gasteiger partial charge in [0, 0.05) is 38.8 Å². The number of hydrogen-bond donors (Lipinski definition) is 1. The second-order valence-corrected chi connectivity index (χ2v) is 7.79. The Morgan fingerprint density at radius 3 is 2.54 bits per heavy atom. The number of nitrogens with zero attached hydrogens (tertiary/aromatic N) is 3. The summed E-state index contributed by atoms with van der Waals surface area (Å²) in [5, 5.41) is 1.07. The number of piperazine rings is 1. The Labute approximate surface area is 175 Å². The van der Waals surface area contributed by atoms with E-state index in [0.717, 1.165) is 36.2 Å². The molecule has 0 aromatic heterocycles. The standard InChI is InChI=1S/C20H24Cl2N4O2/c1-13(27)20(23)14-4-2-6-16(14)24-12-18(28)26-10-8-25(9-11-26)17-7-3-5-15(21)19(17)22/h3,5,7H,2,4,6,8-12,23H2,1H3/b20-14-,24-16?. The highest BCUT2D eigenvalue weighted by molar-refractivity contribution is 6.43. The third-order valence-electron chi connectivity index (χ3n) is 5.20. The van der Waals surface area contributed by atoms with Crippen LogP contribution in [0.3, 0.4) is 0 Å². The number of hydrogen-bond acceptors (Lipinski definition) is 5. The Kier molecular flexibility index (Phi) is 6.62. The van der Waals surface area contributed by atoms with Crippen molar-refractivity contribution in [2.24, 2.45) is 10.7 Å². The lowest BCUT2D eigenvalue weighted by Gasteiger charge is -2.36. The molecule has 0 radical (unpaired) electrons. The monoisotopic (exact) mass is 422 g/mol. The van der Waals surface area contributed by atoms with Crippen LogP contribution >= 0.6 is 23.2 Å². The lowest BCUT2D eigenvalue weighted by molar-refractivity contribution is -0.129. The van der Waals surface area contributed by atoms with Gasteiger partial charge in [0.05, 0.1) is 21.4 Å². The van der Waals surface area contributed by atoms with Crippen molar-refractivity contribution >= 4 is 46.3 Å². The molecule has 0 unspecified atom stereocenters. The average molecular weight is 423 g/mol. The molecule has 1 aromatic carbocycles. The number of carbonyl (C=O) groups excluding carboxylic acids is 2. The van der Waals surface area contributed by atoms with Gasteiger partial charge in [-0.3, -0.25) is 14.6 Å². The van der Waals surface area contributed by atoms with Gasteiger partial charge >= 0.3 is 0 Å². The van der Waals surface area contributed by atoms with Gasteiger partial charge in [-0.15, -0.1) is 0 Å². The van der Waals surface area contributed by atoms with E-state index in [1.807, 2.05) is 17.0 Å². The zero-order chi connectivity index (χ0) is 20.3. The molecule has 2 fully saturated rings. The van der Waals surface area contributed by atoms with E-state index in [9.17, 15) is 9.59 Å². The SMILES string of the molecule is CC(=O)/C(N)=C1\CCCC1=NCC(=O)N1CCN(c2cccc(Cl)c2Cl)CC1. The van der Waals surface area contributed by atoms with Crippen molar-refractivity contribution in [2.45, 2.75) is 26.2 Å². The van der Waals surface area contributed by atoms with Crippen LogP contribution in [0.5, 0.6) is 0 Å². The lowest BCUT2D eigenvalue weighted by atomic mass is 10.1. The van der Waals surface area contributed by atoms with Gasteiger partial charge in [0.15, 0.2) is 5.78 Å². The molecule has 0 spiro atoms. The molecular formula is C20H24Cl2N4O2. The first kappa shape index (κ1) is 20.7. The molecule has 1 aliphatic heterocycles. The highest BCUT2D eigenvalue weighted by Gasteiger charge is 2.24.